The number of hydrogen-bond acceptors (Lipinski definition) is 4. The second-order valence-electron chi connectivity index (χ2n) is 3.41. The molecule has 0 aliphatic carbocycles. The molecule has 0 atom stereocenters. The molecule has 2 aromatic rings. The van der Waals surface area contributed by atoms with Crippen molar-refractivity contribution in [2.75, 3.05) is 5.32 Å². The average Bonchev–Trinajstić information content (AvgIpc) is 2.80. The molecule has 0 saturated heterocycles. The van der Waals surface area contributed by atoms with Gasteiger partial charge in [-0.1, -0.05) is 12.1 Å². The highest BCUT2D eigenvalue weighted by molar-refractivity contribution is 5.90. The fourth-order valence-electron chi connectivity index (χ4n) is 1.32. The molecule has 0 saturated carbocycles. The Kier molecular flexibility index (Phi) is 3.29. The monoisotopic (exact) mass is 245 g/mol. The minimum absolute atomic E-state index is 0.0197. The number of anilines is 1. The molecule has 90 valence electrons. The van der Waals surface area contributed by atoms with Crippen LogP contribution in [0.4, 0.5) is 10.1 Å². The zero-order valence-corrected chi connectivity index (χ0v) is 9.17. The standard InChI is InChI=1S/C11H8FN5O/c12-8-3-1-2-4-9(8)15-11(18)6-17-7-14-10(5-13)16-17/h1-4,7H,6H2,(H,15,18). The summed E-state index contributed by atoms with van der Waals surface area (Å²) in [5, 5.41) is 14.6. The SMILES string of the molecule is N#Cc1ncn(CC(=O)Nc2ccccc2F)n1. The highest BCUT2D eigenvalue weighted by atomic mass is 19.1. The Hall–Kier alpha value is -2.75. The van der Waals surface area contributed by atoms with Crippen molar-refractivity contribution in [3.8, 4) is 6.07 Å². The van der Waals surface area contributed by atoms with Crippen LogP contribution in [0.2, 0.25) is 0 Å². The van der Waals surface area contributed by atoms with Crippen LogP contribution in [0.25, 0.3) is 0 Å². The highest BCUT2D eigenvalue weighted by Crippen LogP contribution is 2.12. The van der Waals surface area contributed by atoms with E-state index in [4.69, 9.17) is 5.26 Å². The number of amides is 1. The van der Waals surface area contributed by atoms with Crippen molar-refractivity contribution in [3.63, 3.8) is 0 Å². The first kappa shape index (κ1) is 11.7. The van der Waals surface area contributed by atoms with E-state index >= 15 is 0 Å². The van der Waals surface area contributed by atoms with Gasteiger partial charge in [0.15, 0.2) is 0 Å². The Morgan fingerprint density at radius 2 is 2.28 bits per heavy atom. The Morgan fingerprint density at radius 1 is 1.50 bits per heavy atom. The van der Waals surface area contributed by atoms with Crippen molar-refractivity contribution in [3.05, 3.63) is 42.2 Å². The number of hydrogen-bond donors (Lipinski definition) is 1. The van der Waals surface area contributed by atoms with Crippen LogP contribution in [-0.2, 0) is 11.3 Å². The summed E-state index contributed by atoms with van der Waals surface area (Å²) < 4.78 is 14.5. The zero-order chi connectivity index (χ0) is 13.0. The van der Waals surface area contributed by atoms with E-state index in [1.807, 2.05) is 0 Å². The summed E-state index contributed by atoms with van der Waals surface area (Å²) in [5.41, 5.74) is 0.100. The molecule has 2 rings (SSSR count). The predicted octanol–water partition coefficient (Wildman–Crippen LogP) is 0.928. The van der Waals surface area contributed by atoms with Gasteiger partial charge in [0.2, 0.25) is 5.91 Å². The van der Waals surface area contributed by atoms with Crippen LogP contribution in [0.1, 0.15) is 5.82 Å². The van der Waals surface area contributed by atoms with Crippen LogP contribution in [0.15, 0.2) is 30.6 Å². The van der Waals surface area contributed by atoms with E-state index in [0.717, 1.165) is 0 Å². The summed E-state index contributed by atoms with van der Waals surface area (Å²) in [6.07, 6.45) is 1.26. The van der Waals surface area contributed by atoms with Gasteiger partial charge in [-0.2, -0.15) is 5.26 Å². The van der Waals surface area contributed by atoms with Crippen LogP contribution in [-0.4, -0.2) is 20.7 Å². The number of carbonyl (C=O) groups is 1. The van der Waals surface area contributed by atoms with Gasteiger partial charge in [0.05, 0.1) is 5.69 Å². The number of rotatable bonds is 3. The van der Waals surface area contributed by atoms with Gasteiger partial charge in [-0.25, -0.2) is 14.1 Å². The van der Waals surface area contributed by atoms with Crippen molar-refractivity contribution in [2.45, 2.75) is 6.54 Å². The molecular weight excluding hydrogens is 237 g/mol. The summed E-state index contributed by atoms with van der Waals surface area (Å²) in [4.78, 5) is 15.2. The summed E-state index contributed by atoms with van der Waals surface area (Å²) >= 11 is 0. The van der Waals surface area contributed by atoms with Crippen LogP contribution in [0, 0.1) is 17.1 Å². The van der Waals surface area contributed by atoms with E-state index in [-0.39, 0.29) is 18.1 Å². The molecule has 1 amide bonds. The Balaban J connectivity index is 2.01. The molecule has 18 heavy (non-hydrogen) atoms. The number of halogens is 1. The smallest absolute Gasteiger partial charge is 0.252 e. The Morgan fingerprint density at radius 3 is 2.94 bits per heavy atom. The maximum atomic E-state index is 13.3. The van der Waals surface area contributed by atoms with Crippen molar-refractivity contribution in [2.24, 2.45) is 0 Å². The van der Waals surface area contributed by atoms with Gasteiger partial charge in [0.1, 0.15) is 24.8 Å². The zero-order valence-electron chi connectivity index (χ0n) is 9.17. The fraction of sp³-hybridized carbons (Fsp3) is 0.0909. The Labute approximate surface area is 102 Å². The first-order valence-corrected chi connectivity index (χ1v) is 5.03. The lowest BCUT2D eigenvalue weighted by Gasteiger charge is -2.05. The van der Waals surface area contributed by atoms with E-state index in [2.05, 4.69) is 15.4 Å². The van der Waals surface area contributed by atoms with E-state index in [1.54, 1.807) is 12.1 Å². The molecule has 1 aromatic carbocycles. The molecule has 1 heterocycles. The summed E-state index contributed by atoms with van der Waals surface area (Å²) in [6, 6.07) is 7.59. The molecule has 0 aliphatic rings. The second-order valence-corrected chi connectivity index (χ2v) is 3.41. The first-order valence-electron chi connectivity index (χ1n) is 5.03. The van der Waals surface area contributed by atoms with E-state index in [1.165, 1.54) is 29.2 Å². The third-order valence-corrected chi connectivity index (χ3v) is 2.09. The molecule has 1 N–H and O–H groups in total. The van der Waals surface area contributed by atoms with Crippen LogP contribution in [0.5, 0.6) is 0 Å². The molecule has 0 spiro atoms. The predicted molar refractivity (Wildman–Crippen MR) is 59.8 cm³/mol. The minimum Gasteiger partial charge on any atom is -0.322 e. The summed E-state index contributed by atoms with van der Waals surface area (Å²) in [5.74, 6) is -0.981. The summed E-state index contributed by atoms with van der Waals surface area (Å²) in [6.45, 7) is -0.136. The molecule has 6 nitrogen and oxygen atoms in total. The number of para-hydroxylation sites is 1. The van der Waals surface area contributed by atoms with Crippen LogP contribution < -0.4 is 5.32 Å². The topological polar surface area (TPSA) is 83.6 Å². The van der Waals surface area contributed by atoms with Crippen LogP contribution in [0.3, 0.4) is 0 Å². The molecule has 7 heteroatoms. The number of nitrogens with one attached hydrogen (secondary N) is 1. The van der Waals surface area contributed by atoms with Gasteiger partial charge in [-0.15, -0.1) is 5.10 Å². The molecular formula is C11H8FN5O. The van der Waals surface area contributed by atoms with Crippen molar-refractivity contribution >= 4 is 11.6 Å². The first-order chi connectivity index (χ1) is 8.69. The second kappa shape index (κ2) is 5.05. The molecule has 0 radical (unpaired) electrons. The third-order valence-electron chi connectivity index (χ3n) is 2.09. The molecule has 1 aromatic heterocycles. The minimum atomic E-state index is -0.512. The molecule has 0 bridgehead atoms. The third kappa shape index (κ3) is 2.68. The lowest BCUT2D eigenvalue weighted by Crippen LogP contribution is -2.19. The van der Waals surface area contributed by atoms with Crippen molar-refractivity contribution < 1.29 is 9.18 Å². The number of nitriles is 1. The van der Waals surface area contributed by atoms with E-state index in [0.29, 0.717) is 0 Å². The van der Waals surface area contributed by atoms with E-state index in [9.17, 15) is 9.18 Å². The maximum absolute atomic E-state index is 13.3. The quantitative estimate of drug-likeness (QED) is 0.871. The molecule has 0 aliphatic heterocycles. The van der Waals surface area contributed by atoms with Crippen LogP contribution >= 0.6 is 0 Å². The summed E-state index contributed by atoms with van der Waals surface area (Å²) in [7, 11) is 0. The Bertz CT molecular complexity index is 616. The number of benzene rings is 1. The lowest BCUT2D eigenvalue weighted by molar-refractivity contribution is -0.116. The normalized spacial score (nSPS) is 9.78. The maximum Gasteiger partial charge on any atom is 0.252 e. The number of nitrogens with zero attached hydrogens (tertiary/aromatic N) is 4. The van der Waals surface area contributed by atoms with Gasteiger partial charge < -0.3 is 5.32 Å². The van der Waals surface area contributed by atoms with Gasteiger partial charge in [-0.05, 0) is 12.1 Å². The molecule has 0 fully saturated rings. The van der Waals surface area contributed by atoms with E-state index < -0.39 is 11.7 Å². The number of aromatic nitrogens is 3. The largest absolute Gasteiger partial charge is 0.322 e. The van der Waals surface area contributed by atoms with Gasteiger partial charge in [-0.3, -0.25) is 4.79 Å². The molecule has 0 unspecified atom stereocenters. The van der Waals surface area contributed by atoms with Gasteiger partial charge >= 0.3 is 0 Å². The van der Waals surface area contributed by atoms with Gasteiger partial charge in [0, 0.05) is 0 Å². The van der Waals surface area contributed by atoms with Crippen molar-refractivity contribution in [1.29, 1.82) is 5.26 Å². The van der Waals surface area contributed by atoms with Gasteiger partial charge in [0.25, 0.3) is 5.82 Å². The lowest BCUT2D eigenvalue weighted by atomic mass is 10.3. The fourth-order valence-corrected chi connectivity index (χ4v) is 1.32. The highest BCUT2D eigenvalue weighted by Gasteiger charge is 2.08. The average molecular weight is 245 g/mol. The number of carbonyl (C=O) groups excluding carboxylic acids is 1. The van der Waals surface area contributed by atoms with Crippen molar-refractivity contribution in [1.82, 2.24) is 14.8 Å².